The molecule has 0 aromatic heterocycles. The maximum atomic E-state index is 12.2. The molecule has 2 fully saturated rings. The molecule has 0 aliphatic carbocycles. The van der Waals surface area contributed by atoms with Crippen LogP contribution in [0.2, 0.25) is 0 Å². The van der Waals surface area contributed by atoms with E-state index in [4.69, 9.17) is 9.84 Å². The molecule has 3 atom stereocenters. The third kappa shape index (κ3) is 3.38. The van der Waals surface area contributed by atoms with Crippen molar-refractivity contribution < 1.29 is 24.2 Å². The molecular weight excluding hydrogens is 266 g/mol. The number of urea groups is 1. The van der Waals surface area contributed by atoms with Gasteiger partial charge in [0.15, 0.2) is 0 Å². The fraction of sp³-hybridized carbons (Fsp3) is 0.750. The van der Waals surface area contributed by atoms with Crippen LogP contribution in [0.5, 0.6) is 0 Å². The van der Waals surface area contributed by atoms with Crippen molar-refractivity contribution in [1.29, 1.82) is 0 Å². The lowest BCUT2D eigenvalue weighted by atomic mass is 10.0. The SMILES string of the molecule is CC1CC(NC(=O)N2CC(=O)NCC2C(=O)O)CCO1. The zero-order valence-electron chi connectivity index (χ0n) is 11.3. The summed E-state index contributed by atoms with van der Waals surface area (Å²) in [5, 5.41) is 14.3. The monoisotopic (exact) mass is 285 g/mol. The third-order valence-electron chi connectivity index (χ3n) is 3.54. The number of hydrogen-bond donors (Lipinski definition) is 3. The van der Waals surface area contributed by atoms with Crippen LogP contribution in [-0.4, -0.2) is 65.8 Å². The molecule has 2 aliphatic rings. The van der Waals surface area contributed by atoms with Crippen LogP contribution in [0.4, 0.5) is 4.79 Å². The molecule has 112 valence electrons. The standard InChI is InChI=1S/C12H19N3O5/c1-7-4-8(2-3-20-7)14-12(19)15-6-10(16)13-5-9(15)11(17)18/h7-9H,2-6H2,1H3,(H,13,16)(H,14,19)(H,17,18). The minimum absolute atomic E-state index is 0.0503. The molecule has 8 heteroatoms. The Bertz CT molecular complexity index is 414. The summed E-state index contributed by atoms with van der Waals surface area (Å²) < 4.78 is 5.39. The van der Waals surface area contributed by atoms with E-state index in [0.717, 1.165) is 4.90 Å². The first-order chi connectivity index (χ1) is 9.47. The van der Waals surface area contributed by atoms with Crippen molar-refractivity contribution in [3.05, 3.63) is 0 Å². The van der Waals surface area contributed by atoms with E-state index in [9.17, 15) is 14.4 Å². The van der Waals surface area contributed by atoms with Crippen molar-refractivity contribution in [2.45, 2.75) is 38.0 Å². The molecule has 2 heterocycles. The summed E-state index contributed by atoms with van der Waals surface area (Å²) in [6.07, 6.45) is 1.44. The number of ether oxygens (including phenoxy) is 1. The predicted molar refractivity (Wildman–Crippen MR) is 68.1 cm³/mol. The Hall–Kier alpha value is -1.83. The zero-order valence-corrected chi connectivity index (χ0v) is 11.3. The van der Waals surface area contributed by atoms with Crippen LogP contribution < -0.4 is 10.6 Å². The zero-order chi connectivity index (χ0) is 14.7. The van der Waals surface area contributed by atoms with E-state index in [1.165, 1.54) is 0 Å². The molecule has 3 N–H and O–H groups in total. The van der Waals surface area contributed by atoms with Gasteiger partial charge in [-0.1, -0.05) is 0 Å². The number of piperazine rings is 1. The molecule has 8 nitrogen and oxygen atoms in total. The molecule has 0 spiro atoms. The van der Waals surface area contributed by atoms with Crippen LogP contribution in [0, 0.1) is 0 Å². The molecule has 0 aromatic rings. The van der Waals surface area contributed by atoms with Crippen molar-refractivity contribution in [1.82, 2.24) is 15.5 Å². The second-order valence-electron chi connectivity index (χ2n) is 5.14. The lowest BCUT2D eigenvalue weighted by molar-refractivity contribution is -0.144. The highest BCUT2D eigenvalue weighted by Gasteiger charge is 2.36. The van der Waals surface area contributed by atoms with Crippen molar-refractivity contribution in [2.75, 3.05) is 19.7 Å². The van der Waals surface area contributed by atoms with Gasteiger partial charge >= 0.3 is 12.0 Å². The van der Waals surface area contributed by atoms with Crippen LogP contribution in [0.1, 0.15) is 19.8 Å². The Morgan fingerprint density at radius 1 is 1.50 bits per heavy atom. The summed E-state index contributed by atoms with van der Waals surface area (Å²) in [6, 6.07) is -1.58. The number of nitrogens with one attached hydrogen (secondary N) is 2. The van der Waals surface area contributed by atoms with E-state index >= 15 is 0 Å². The van der Waals surface area contributed by atoms with Gasteiger partial charge in [-0.05, 0) is 19.8 Å². The number of aliphatic carboxylic acids is 1. The Morgan fingerprint density at radius 3 is 2.90 bits per heavy atom. The van der Waals surface area contributed by atoms with Crippen LogP contribution >= 0.6 is 0 Å². The highest BCUT2D eigenvalue weighted by Crippen LogP contribution is 2.14. The third-order valence-corrected chi connectivity index (χ3v) is 3.54. The smallest absolute Gasteiger partial charge is 0.328 e. The average Bonchev–Trinajstić information content (AvgIpc) is 2.38. The van der Waals surface area contributed by atoms with Gasteiger partial charge in [-0.15, -0.1) is 0 Å². The van der Waals surface area contributed by atoms with Gasteiger partial charge < -0.3 is 20.5 Å². The van der Waals surface area contributed by atoms with Crippen LogP contribution in [0.3, 0.4) is 0 Å². The summed E-state index contributed by atoms with van der Waals surface area (Å²) in [7, 11) is 0. The molecule has 0 aromatic carbocycles. The van der Waals surface area contributed by atoms with E-state index in [0.29, 0.717) is 19.4 Å². The highest BCUT2D eigenvalue weighted by atomic mass is 16.5. The summed E-state index contributed by atoms with van der Waals surface area (Å²) in [5.74, 6) is -1.47. The molecule has 2 aliphatic heterocycles. The van der Waals surface area contributed by atoms with E-state index in [-0.39, 0.29) is 31.1 Å². The van der Waals surface area contributed by atoms with Crippen LogP contribution in [0.25, 0.3) is 0 Å². The van der Waals surface area contributed by atoms with Gasteiger partial charge in [0.25, 0.3) is 0 Å². The van der Waals surface area contributed by atoms with E-state index < -0.39 is 18.0 Å². The highest BCUT2D eigenvalue weighted by molar-refractivity contribution is 5.90. The van der Waals surface area contributed by atoms with Crippen molar-refractivity contribution in [2.24, 2.45) is 0 Å². The predicted octanol–water partition coefficient (Wildman–Crippen LogP) is -0.851. The van der Waals surface area contributed by atoms with Crippen molar-refractivity contribution in [3.63, 3.8) is 0 Å². The number of rotatable bonds is 2. The molecule has 3 unspecified atom stereocenters. The molecule has 0 saturated carbocycles. The Morgan fingerprint density at radius 2 is 2.25 bits per heavy atom. The average molecular weight is 285 g/mol. The number of carboxylic acids is 1. The summed E-state index contributed by atoms with van der Waals surface area (Å²) >= 11 is 0. The number of carbonyl (C=O) groups is 3. The molecule has 3 amide bonds. The van der Waals surface area contributed by atoms with Gasteiger partial charge in [-0.25, -0.2) is 9.59 Å². The molecule has 0 radical (unpaired) electrons. The fourth-order valence-electron chi connectivity index (χ4n) is 2.46. The molecule has 2 saturated heterocycles. The van der Waals surface area contributed by atoms with E-state index in [2.05, 4.69) is 10.6 Å². The lowest BCUT2D eigenvalue weighted by Gasteiger charge is -2.35. The molecule has 20 heavy (non-hydrogen) atoms. The number of hydrogen-bond acceptors (Lipinski definition) is 4. The van der Waals surface area contributed by atoms with E-state index in [1.54, 1.807) is 0 Å². The first-order valence-corrected chi connectivity index (χ1v) is 6.65. The molecule has 2 rings (SSSR count). The largest absolute Gasteiger partial charge is 0.480 e. The van der Waals surface area contributed by atoms with Gasteiger partial charge in [0.05, 0.1) is 6.10 Å². The normalized spacial score (nSPS) is 30.6. The maximum absolute atomic E-state index is 12.2. The van der Waals surface area contributed by atoms with Gasteiger partial charge in [0.2, 0.25) is 5.91 Å². The topological polar surface area (TPSA) is 108 Å². The number of nitrogens with zero attached hydrogens (tertiary/aromatic N) is 1. The molecule has 0 bridgehead atoms. The number of amides is 3. The number of carbonyl (C=O) groups excluding carboxylic acids is 2. The van der Waals surface area contributed by atoms with E-state index in [1.807, 2.05) is 6.92 Å². The lowest BCUT2D eigenvalue weighted by Crippen LogP contribution is -2.62. The molecular formula is C12H19N3O5. The van der Waals surface area contributed by atoms with Crippen LogP contribution in [-0.2, 0) is 14.3 Å². The van der Waals surface area contributed by atoms with Crippen LogP contribution in [0.15, 0.2) is 0 Å². The van der Waals surface area contributed by atoms with Gasteiger partial charge in [-0.2, -0.15) is 0 Å². The van der Waals surface area contributed by atoms with Crippen molar-refractivity contribution >= 4 is 17.9 Å². The van der Waals surface area contributed by atoms with Gasteiger partial charge in [0, 0.05) is 19.2 Å². The van der Waals surface area contributed by atoms with Gasteiger partial charge in [0.1, 0.15) is 12.6 Å². The quantitative estimate of drug-likeness (QED) is 0.612. The minimum atomic E-state index is -1.12. The fourth-order valence-corrected chi connectivity index (χ4v) is 2.46. The minimum Gasteiger partial charge on any atom is -0.480 e. The Kier molecular flexibility index (Phi) is 4.43. The summed E-state index contributed by atoms with van der Waals surface area (Å²) in [6.45, 7) is 2.19. The first kappa shape index (κ1) is 14.6. The Labute approximate surface area is 116 Å². The van der Waals surface area contributed by atoms with Crippen molar-refractivity contribution in [3.8, 4) is 0 Å². The summed E-state index contributed by atoms with van der Waals surface area (Å²) in [5.41, 5.74) is 0. The first-order valence-electron chi connectivity index (χ1n) is 6.65. The summed E-state index contributed by atoms with van der Waals surface area (Å²) in [4.78, 5) is 35.7. The number of carboxylic acid groups (broad SMARTS) is 1. The Balaban J connectivity index is 1.98. The maximum Gasteiger partial charge on any atom is 0.328 e. The second-order valence-corrected chi connectivity index (χ2v) is 5.14. The van der Waals surface area contributed by atoms with Gasteiger partial charge in [-0.3, -0.25) is 9.69 Å². The second kappa shape index (κ2) is 6.08.